The summed E-state index contributed by atoms with van der Waals surface area (Å²) in [5.41, 5.74) is 9.61. The summed E-state index contributed by atoms with van der Waals surface area (Å²) >= 11 is 0. The number of methoxy groups -OCH3 is 3. The SMILES string of the molecule is COC(=O)[C@@H]1Cc2cc(OCCNC(=O)OCc3ccccc3)c(OC)c(c2)-c2cc(ccc2OC)[C@H](N(C)C(=O)[C@@H](N)CCNC(=O)OCc2ccccc2)C(=O)N[C@@H](C)C(=O)N1. The van der Waals surface area contributed by atoms with E-state index in [-0.39, 0.29) is 57.3 Å². The molecule has 5 amide bonds. The lowest BCUT2D eigenvalue weighted by Gasteiger charge is -2.31. The van der Waals surface area contributed by atoms with Crippen molar-refractivity contribution in [2.45, 2.75) is 57.1 Å². The number of hydrogen-bond donors (Lipinski definition) is 5. The lowest BCUT2D eigenvalue weighted by molar-refractivity contribution is -0.145. The monoisotopic (exact) mass is 882 g/mol. The molecule has 0 radical (unpaired) electrons. The highest BCUT2D eigenvalue weighted by Gasteiger charge is 2.35. The van der Waals surface area contributed by atoms with Crippen molar-refractivity contribution < 1.29 is 57.2 Å². The number of rotatable bonds is 16. The Morgan fingerprint density at radius 1 is 0.766 bits per heavy atom. The minimum Gasteiger partial charge on any atom is -0.496 e. The van der Waals surface area contributed by atoms with E-state index in [1.165, 1.54) is 35.3 Å². The van der Waals surface area contributed by atoms with Crippen molar-refractivity contribution in [3.63, 3.8) is 0 Å². The highest BCUT2D eigenvalue weighted by Crippen LogP contribution is 2.44. The first-order valence-corrected chi connectivity index (χ1v) is 20.4. The molecule has 0 spiro atoms. The molecule has 64 heavy (non-hydrogen) atoms. The van der Waals surface area contributed by atoms with Gasteiger partial charge in [0.1, 0.15) is 43.7 Å². The predicted octanol–water partition coefficient (Wildman–Crippen LogP) is 3.54. The third-order valence-corrected chi connectivity index (χ3v) is 10.2. The Kier molecular flexibility index (Phi) is 17.3. The maximum absolute atomic E-state index is 14.3. The molecule has 0 saturated heterocycles. The molecule has 0 fully saturated rings. The number of alkyl carbamates (subject to hydrolysis) is 2. The number of benzene rings is 4. The second-order valence-electron chi connectivity index (χ2n) is 14.7. The summed E-state index contributed by atoms with van der Waals surface area (Å²) < 4.78 is 33.5. The first-order valence-electron chi connectivity index (χ1n) is 20.4. The fourth-order valence-corrected chi connectivity index (χ4v) is 6.88. The van der Waals surface area contributed by atoms with Crippen LogP contribution in [0.3, 0.4) is 0 Å². The van der Waals surface area contributed by atoms with Crippen LogP contribution in [-0.2, 0) is 53.0 Å². The van der Waals surface area contributed by atoms with Crippen molar-refractivity contribution in [2.24, 2.45) is 5.73 Å². The van der Waals surface area contributed by atoms with Gasteiger partial charge in [0.05, 0.1) is 33.9 Å². The molecule has 4 aromatic rings. The van der Waals surface area contributed by atoms with Crippen molar-refractivity contribution in [3.05, 3.63) is 113 Å². The molecule has 5 rings (SSSR count). The summed E-state index contributed by atoms with van der Waals surface area (Å²) in [4.78, 5) is 81.0. The van der Waals surface area contributed by atoms with E-state index in [0.717, 1.165) is 16.0 Å². The molecular formula is C46H54N6O12. The summed E-state index contributed by atoms with van der Waals surface area (Å²) in [6, 6.07) is 21.6. The van der Waals surface area contributed by atoms with E-state index >= 15 is 0 Å². The summed E-state index contributed by atoms with van der Waals surface area (Å²) in [7, 11) is 5.48. The van der Waals surface area contributed by atoms with Crippen LogP contribution in [0, 0.1) is 0 Å². The van der Waals surface area contributed by atoms with Gasteiger partial charge in [-0.05, 0) is 59.9 Å². The lowest BCUT2D eigenvalue weighted by atomic mass is 9.93. The van der Waals surface area contributed by atoms with E-state index in [1.807, 2.05) is 60.7 Å². The van der Waals surface area contributed by atoms with E-state index in [2.05, 4.69) is 21.3 Å². The molecule has 4 bridgehead atoms. The second-order valence-corrected chi connectivity index (χ2v) is 14.7. The van der Waals surface area contributed by atoms with E-state index in [1.54, 1.807) is 30.3 Å². The number of hydrogen-bond acceptors (Lipinski definition) is 13. The first-order chi connectivity index (χ1) is 30.8. The van der Waals surface area contributed by atoms with Gasteiger partial charge < -0.3 is 60.3 Å². The van der Waals surface area contributed by atoms with Gasteiger partial charge in [-0.2, -0.15) is 0 Å². The van der Waals surface area contributed by atoms with Gasteiger partial charge in [-0.1, -0.05) is 66.7 Å². The van der Waals surface area contributed by atoms with Crippen LogP contribution in [0.1, 0.15) is 41.6 Å². The number of likely N-dealkylation sites (N-methyl/N-ethyl adjacent to an activating group) is 1. The third-order valence-electron chi connectivity index (χ3n) is 10.2. The normalized spacial score (nSPS) is 16.3. The van der Waals surface area contributed by atoms with Gasteiger partial charge in [0.15, 0.2) is 11.5 Å². The third kappa shape index (κ3) is 12.9. The number of nitrogens with two attached hydrogens (primary N) is 1. The topological polar surface area (TPSA) is 235 Å². The van der Waals surface area contributed by atoms with E-state index < -0.39 is 60.0 Å². The molecule has 0 aromatic heterocycles. The van der Waals surface area contributed by atoms with Crippen molar-refractivity contribution in [3.8, 4) is 28.4 Å². The lowest BCUT2D eigenvalue weighted by Crippen LogP contribution is -2.54. The summed E-state index contributed by atoms with van der Waals surface area (Å²) in [5.74, 6) is -2.06. The van der Waals surface area contributed by atoms with E-state index in [9.17, 15) is 28.8 Å². The van der Waals surface area contributed by atoms with Crippen LogP contribution in [0.2, 0.25) is 0 Å². The van der Waals surface area contributed by atoms with Crippen LogP contribution >= 0.6 is 0 Å². The second kappa shape index (κ2) is 23.2. The van der Waals surface area contributed by atoms with Gasteiger partial charge in [0.25, 0.3) is 0 Å². The number of esters is 1. The molecule has 1 heterocycles. The number of carbonyl (C=O) groups excluding carboxylic acids is 6. The molecule has 340 valence electrons. The van der Waals surface area contributed by atoms with Gasteiger partial charge in [0, 0.05) is 31.1 Å². The van der Waals surface area contributed by atoms with Crippen LogP contribution in [-0.4, -0.2) is 107 Å². The summed E-state index contributed by atoms with van der Waals surface area (Å²) in [6.07, 6.45) is -1.42. The molecule has 6 N–H and O–H groups in total. The molecule has 1 aliphatic rings. The van der Waals surface area contributed by atoms with Gasteiger partial charge in [-0.25, -0.2) is 14.4 Å². The van der Waals surface area contributed by atoms with Crippen molar-refractivity contribution in [1.29, 1.82) is 0 Å². The molecule has 0 aliphatic carbocycles. The number of nitrogens with one attached hydrogen (secondary N) is 4. The Morgan fingerprint density at radius 2 is 1.39 bits per heavy atom. The van der Waals surface area contributed by atoms with E-state index in [0.29, 0.717) is 28.0 Å². The molecule has 0 saturated carbocycles. The Labute approximate surface area is 371 Å². The van der Waals surface area contributed by atoms with Gasteiger partial charge in [-0.3, -0.25) is 14.4 Å². The Morgan fingerprint density at radius 3 is 1.98 bits per heavy atom. The standard InChI is InChI=1S/C46H54N6O12/c1-28-41(53)51-36(44(56)61-5)23-31-22-34(40(60-4)38(24-31)62-21-20-49-46(58)64-27-30-14-10-7-11-15-30)33-25-32(16-17-37(33)59-3)39(42(54)50-28)52(2)43(55)35(47)18-19-48-45(57)63-26-29-12-8-6-9-13-29/h6-17,22,24-25,28,35-36,39H,18-21,23,26-27,47H2,1-5H3,(H,48,57)(H,49,58)(H,50,54)(H,51,53)/t28-,35-,36-,39-/m0/s1. The highest BCUT2D eigenvalue weighted by molar-refractivity contribution is 5.95. The largest absolute Gasteiger partial charge is 0.496 e. The van der Waals surface area contributed by atoms with Gasteiger partial charge in [0.2, 0.25) is 17.7 Å². The van der Waals surface area contributed by atoms with Gasteiger partial charge in [-0.15, -0.1) is 0 Å². The smallest absolute Gasteiger partial charge is 0.407 e. The number of carbonyl (C=O) groups is 6. The van der Waals surface area contributed by atoms with E-state index in [4.69, 9.17) is 34.2 Å². The Hall–Kier alpha value is -7.34. The zero-order chi connectivity index (χ0) is 46.2. The zero-order valence-electron chi connectivity index (χ0n) is 36.3. The molecule has 18 heteroatoms. The maximum atomic E-state index is 14.3. The molecule has 1 aliphatic heterocycles. The summed E-state index contributed by atoms with van der Waals surface area (Å²) in [6.45, 7) is 1.56. The summed E-state index contributed by atoms with van der Waals surface area (Å²) in [5, 5.41) is 10.6. The fourth-order valence-electron chi connectivity index (χ4n) is 6.88. The van der Waals surface area contributed by atoms with Crippen LogP contribution in [0.15, 0.2) is 91.0 Å². The number of amides is 5. The predicted molar refractivity (Wildman–Crippen MR) is 233 cm³/mol. The van der Waals surface area contributed by atoms with Crippen molar-refractivity contribution in [1.82, 2.24) is 26.2 Å². The van der Waals surface area contributed by atoms with Gasteiger partial charge >= 0.3 is 18.2 Å². The minimum absolute atomic E-state index is 0.00328. The highest BCUT2D eigenvalue weighted by atomic mass is 16.6. The van der Waals surface area contributed by atoms with Crippen molar-refractivity contribution >= 4 is 35.9 Å². The van der Waals surface area contributed by atoms with Crippen LogP contribution in [0.5, 0.6) is 17.2 Å². The average molecular weight is 883 g/mol. The Bertz CT molecular complexity index is 2260. The molecular weight excluding hydrogens is 829 g/mol. The molecule has 4 atom stereocenters. The minimum atomic E-state index is -1.36. The number of fused-ring (bicyclic) bond motifs is 5. The van der Waals surface area contributed by atoms with Crippen molar-refractivity contribution in [2.75, 3.05) is 48.1 Å². The number of ether oxygens (including phenoxy) is 6. The van der Waals surface area contributed by atoms with Crippen LogP contribution in [0.25, 0.3) is 11.1 Å². The molecule has 4 aromatic carbocycles. The average Bonchev–Trinajstić information content (AvgIpc) is 3.30. The first kappa shape index (κ1) is 47.7. The number of nitrogens with zero attached hydrogens (tertiary/aromatic N) is 1. The fraction of sp³-hybridized carbons (Fsp3) is 0.348. The molecule has 18 nitrogen and oxygen atoms in total. The quantitative estimate of drug-likeness (QED) is 0.0616. The zero-order valence-corrected chi connectivity index (χ0v) is 36.3. The van der Waals surface area contributed by atoms with Crippen LogP contribution in [0.4, 0.5) is 9.59 Å². The Balaban J connectivity index is 1.44. The maximum Gasteiger partial charge on any atom is 0.407 e. The molecule has 0 unspecified atom stereocenters. The van der Waals surface area contributed by atoms with Crippen LogP contribution < -0.4 is 41.2 Å².